The molecule has 30 nitrogen and oxygen atoms in total. The van der Waals surface area contributed by atoms with Gasteiger partial charge in [-0.1, -0.05) is 0 Å². The van der Waals surface area contributed by atoms with Crippen molar-refractivity contribution < 1.29 is 86.0 Å². The maximum Gasteiger partial charge on any atom is 0.224 e. The van der Waals surface area contributed by atoms with Gasteiger partial charge < -0.3 is 87.2 Å². The molecule has 0 aromatic carbocycles. The Morgan fingerprint density at radius 1 is 0.142 bits per heavy atom. The number of nitrogens with zero attached hydrogens (tertiary/aromatic N) is 12. The van der Waals surface area contributed by atoms with Crippen LogP contribution in [0.1, 0.15) is 276 Å². The van der Waals surface area contributed by atoms with Gasteiger partial charge in [0.25, 0.3) is 0 Å². The summed E-state index contributed by atoms with van der Waals surface area (Å²) in [5.41, 5.74) is 0. The topological polar surface area (TPSA) is 299 Å². The van der Waals surface area contributed by atoms with E-state index in [1.807, 2.05) is 53.9 Å². The van der Waals surface area contributed by atoms with Crippen molar-refractivity contribution in [1.82, 2.24) is 58.8 Å². The average molecular weight is 1690 g/mol. The van der Waals surface area contributed by atoms with Gasteiger partial charge in [-0.25, -0.2) is 0 Å². The Kier molecular flexibility index (Phi) is 52.3. The van der Waals surface area contributed by atoms with Gasteiger partial charge in [0.15, 0.2) is 0 Å². The molecule has 0 radical (unpaired) electrons. The smallest absolute Gasteiger partial charge is 0.224 e. The van der Waals surface area contributed by atoms with Crippen LogP contribution >= 0.6 is 0 Å². The molecule has 12 fully saturated rings. The molecule has 30 heteroatoms. The first-order chi connectivity index (χ1) is 58.6. The number of hydrogen-bond acceptors (Lipinski definition) is 18. The Morgan fingerprint density at radius 3 is 0.492 bits per heavy atom. The summed E-state index contributed by atoms with van der Waals surface area (Å²) < 4.78 is 33.5. The van der Waals surface area contributed by atoms with Crippen LogP contribution in [0.25, 0.3) is 0 Å². The number of ether oxygens (including phenoxy) is 6. The normalized spacial score (nSPS) is 20.0. The summed E-state index contributed by atoms with van der Waals surface area (Å²) in [6.45, 7) is 28.1. The molecule has 0 unspecified atom stereocenters. The Hall–Kier alpha value is -6.60. The molecule has 120 heavy (non-hydrogen) atoms. The molecule has 12 aliphatic rings. The van der Waals surface area contributed by atoms with Gasteiger partial charge in [-0.15, -0.1) is 0 Å². The van der Waals surface area contributed by atoms with Crippen LogP contribution < -0.4 is 0 Å². The molecule has 684 valence electrons. The zero-order valence-corrected chi connectivity index (χ0v) is 73.9. The monoisotopic (exact) mass is 1690 g/mol. The number of amides is 12. The molecule has 12 saturated heterocycles. The van der Waals surface area contributed by atoms with Gasteiger partial charge in [-0.05, 0) is 199 Å². The molecule has 0 aromatic heterocycles. The minimum atomic E-state index is 0.217. The summed E-state index contributed by atoms with van der Waals surface area (Å²) in [4.78, 5) is 161. The lowest BCUT2D eigenvalue weighted by Crippen LogP contribution is -2.37. The van der Waals surface area contributed by atoms with Crippen LogP contribution in [0.4, 0.5) is 0 Å². The highest BCUT2D eigenvalue weighted by atomic mass is 16.5. The Morgan fingerprint density at radius 2 is 0.292 bits per heavy atom. The van der Waals surface area contributed by atoms with Crippen molar-refractivity contribution >= 4 is 70.9 Å². The SMILES string of the molecule is O=C1CCCCN1CCCCOCCCN1CCCC1=O.O=C1CCCCN1CCCOCCCCN1CCCC1=O.O=C1CCCCN1CCCOCCCN1CCCC1=O.O=C1CCCN1CCCCOCCN1CCCCC1=O.O=C1CCCN1CCCCOCN1CCCCC1=O.O=C1CCCN1CCCOCCN1CCCCC1=O. The van der Waals surface area contributed by atoms with Gasteiger partial charge in [-0.2, -0.15) is 0 Å². The third-order valence-corrected chi connectivity index (χ3v) is 24.3. The van der Waals surface area contributed by atoms with Crippen LogP contribution in [0.2, 0.25) is 0 Å². The first-order valence-corrected chi connectivity index (χ1v) is 47.4. The Labute approximate surface area is 718 Å². The van der Waals surface area contributed by atoms with E-state index in [9.17, 15) is 57.5 Å². The van der Waals surface area contributed by atoms with Gasteiger partial charge in [0.1, 0.15) is 6.73 Å². The molecule has 0 saturated carbocycles. The molecule has 0 bridgehead atoms. The van der Waals surface area contributed by atoms with E-state index in [1.54, 1.807) is 4.90 Å². The molecular formula is C90H156N12O18. The second kappa shape index (κ2) is 62.5. The molecule has 12 heterocycles. The van der Waals surface area contributed by atoms with E-state index in [1.165, 1.54) is 0 Å². The van der Waals surface area contributed by atoms with Crippen molar-refractivity contribution in [1.29, 1.82) is 0 Å². The average Bonchev–Trinajstić information content (AvgIpc) is 1.36. The fraction of sp³-hybridized carbons (Fsp3) is 0.867. The van der Waals surface area contributed by atoms with Crippen molar-refractivity contribution in [3.05, 3.63) is 0 Å². The summed E-state index contributed by atoms with van der Waals surface area (Å²) in [6.07, 6.45) is 40.1. The van der Waals surface area contributed by atoms with E-state index < -0.39 is 0 Å². The largest absolute Gasteiger partial charge is 0.381 e. The van der Waals surface area contributed by atoms with E-state index >= 15 is 0 Å². The maximum atomic E-state index is 11.6. The minimum Gasteiger partial charge on any atom is -0.381 e. The summed E-state index contributed by atoms with van der Waals surface area (Å²) in [6, 6.07) is 0. The molecule has 12 amide bonds. The predicted octanol–water partition coefficient (Wildman–Crippen LogP) is 8.86. The van der Waals surface area contributed by atoms with Crippen LogP contribution in [0.15, 0.2) is 0 Å². The third kappa shape index (κ3) is 42.2. The standard InChI is InChI=1S/2C16H28N2O3.2C15H26N2O3.2C14H24N2O3/c19-15-7-1-2-9-18(15)12-6-14-21-13-4-3-10-17-11-5-8-16(17)20;19-15-7-1-2-9-17(15)10-3-4-13-21-14-6-12-18-11-5-8-16(18)20;18-14-6-1-2-8-16(14)10-4-12-20-13-5-11-17-9-3-7-15(17)19;18-14-6-1-2-8-17(14)11-13-20-12-4-3-9-16-10-5-7-15(16)19;17-13-5-1-2-7-16(13)10-12-19-11-4-9-15-8-3-6-14(15)18;17-13-7-5-10-15(13)8-3-4-11-19-12-16-9-2-1-6-14(16)18/h2*1-14H2;2*1-13H2;2*1-12H2. The number of carbonyl (C=O) groups excluding carboxylic acids is 12. The number of rotatable bonds is 48. The molecular weight excluding hydrogens is 1540 g/mol. The van der Waals surface area contributed by atoms with E-state index in [0.717, 1.165) is 408 Å². The fourth-order valence-corrected chi connectivity index (χ4v) is 17.0. The molecule has 12 aliphatic heterocycles. The lowest BCUT2D eigenvalue weighted by molar-refractivity contribution is -0.139. The van der Waals surface area contributed by atoms with Gasteiger partial charge in [0.05, 0.1) is 13.2 Å². The highest BCUT2D eigenvalue weighted by Gasteiger charge is 2.28. The Balaban J connectivity index is 0.000000199. The van der Waals surface area contributed by atoms with Crippen LogP contribution in [0.5, 0.6) is 0 Å². The molecule has 0 aromatic rings. The van der Waals surface area contributed by atoms with Crippen LogP contribution in [-0.2, 0) is 86.0 Å². The fourth-order valence-electron chi connectivity index (χ4n) is 17.0. The van der Waals surface area contributed by atoms with Gasteiger partial charge in [0.2, 0.25) is 70.9 Å². The van der Waals surface area contributed by atoms with Gasteiger partial charge >= 0.3 is 0 Å². The number of carbonyl (C=O) groups is 12. The van der Waals surface area contributed by atoms with Crippen molar-refractivity contribution in [3.63, 3.8) is 0 Å². The lowest BCUT2D eigenvalue weighted by Gasteiger charge is -2.26. The zero-order valence-electron chi connectivity index (χ0n) is 73.9. The molecule has 0 spiro atoms. The number of unbranched alkanes of at least 4 members (excludes halogenated alkanes) is 4. The first-order valence-electron chi connectivity index (χ1n) is 47.4. The third-order valence-electron chi connectivity index (χ3n) is 24.3. The molecule has 0 aliphatic carbocycles. The predicted molar refractivity (Wildman–Crippen MR) is 458 cm³/mol. The summed E-state index contributed by atoms with van der Waals surface area (Å²) in [7, 11) is 0. The summed E-state index contributed by atoms with van der Waals surface area (Å²) in [5, 5.41) is 0. The quantitative estimate of drug-likeness (QED) is 0.0513. The van der Waals surface area contributed by atoms with Crippen molar-refractivity contribution in [2.45, 2.75) is 276 Å². The van der Waals surface area contributed by atoms with Crippen LogP contribution in [-0.4, -0.2) is 360 Å². The van der Waals surface area contributed by atoms with Gasteiger partial charge in [0, 0.05) is 287 Å². The van der Waals surface area contributed by atoms with E-state index in [-0.39, 0.29) is 29.5 Å². The van der Waals surface area contributed by atoms with E-state index in [0.29, 0.717) is 139 Å². The number of piperidine rings is 6. The highest BCUT2D eigenvalue weighted by molar-refractivity contribution is 5.82. The van der Waals surface area contributed by atoms with Crippen LogP contribution in [0.3, 0.4) is 0 Å². The zero-order chi connectivity index (χ0) is 85.3. The number of likely N-dealkylation sites (tertiary alicyclic amines) is 12. The first kappa shape index (κ1) is 100. The van der Waals surface area contributed by atoms with Gasteiger partial charge in [-0.3, -0.25) is 57.5 Å². The van der Waals surface area contributed by atoms with Crippen LogP contribution in [0, 0.1) is 0 Å². The maximum absolute atomic E-state index is 11.6. The highest BCUT2D eigenvalue weighted by Crippen LogP contribution is 2.20. The molecule has 0 N–H and O–H groups in total. The second-order valence-corrected chi connectivity index (χ2v) is 33.9. The lowest BCUT2D eigenvalue weighted by atomic mass is 10.1. The summed E-state index contributed by atoms with van der Waals surface area (Å²) in [5.74, 6) is 3.42. The van der Waals surface area contributed by atoms with Crippen molar-refractivity contribution in [2.75, 3.05) is 230 Å². The second-order valence-electron chi connectivity index (χ2n) is 33.9. The van der Waals surface area contributed by atoms with Crippen molar-refractivity contribution in [3.8, 4) is 0 Å². The van der Waals surface area contributed by atoms with E-state index in [2.05, 4.69) is 0 Å². The molecule has 0 atom stereocenters. The minimum absolute atomic E-state index is 0.217. The summed E-state index contributed by atoms with van der Waals surface area (Å²) >= 11 is 0. The van der Waals surface area contributed by atoms with Crippen molar-refractivity contribution in [2.24, 2.45) is 0 Å². The number of hydrogen-bond donors (Lipinski definition) is 0. The van der Waals surface area contributed by atoms with E-state index in [4.69, 9.17) is 28.4 Å². The Bertz CT molecular complexity index is 2800. The molecule has 12 rings (SSSR count).